The van der Waals surface area contributed by atoms with Crippen LogP contribution < -0.4 is 20.7 Å². The number of aromatic nitrogens is 3. The number of alkyl carbamates (subject to hydrolysis) is 1. The van der Waals surface area contributed by atoms with Crippen LogP contribution in [0.3, 0.4) is 0 Å². The molecular weight excluding hydrogens is 582 g/mol. The minimum Gasteiger partial charge on any atom is -0.494 e. The van der Waals surface area contributed by atoms with Gasteiger partial charge in [-0.25, -0.2) is 9.78 Å². The van der Waals surface area contributed by atoms with Gasteiger partial charge in [-0.2, -0.15) is 0 Å². The van der Waals surface area contributed by atoms with Crippen molar-refractivity contribution in [2.45, 2.75) is 62.8 Å². The Morgan fingerprint density at radius 3 is 2.63 bits per heavy atom. The van der Waals surface area contributed by atoms with Crippen molar-refractivity contribution in [1.29, 1.82) is 0 Å². The Morgan fingerprint density at radius 1 is 1.13 bits per heavy atom. The summed E-state index contributed by atoms with van der Waals surface area (Å²) in [5, 5.41) is 4.01. The zero-order valence-corrected chi connectivity index (χ0v) is 26.5. The van der Waals surface area contributed by atoms with Gasteiger partial charge in [-0.05, 0) is 67.9 Å². The lowest BCUT2D eigenvalue weighted by atomic mass is 9.91. The van der Waals surface area contributed by atoms with E-state index in [9.17, 15) is 9.59 Å². The van der Waals surface area contributed by atoms with Crippen molar-refractivity contribution in [1.82, 2.24) is 24.3 Å². The zero-order chi connectivity index (χ0) is 31.3. The summed E-state index contributed by atoms with van der Waals surface area (Å²) >= 11 is 0. The van der Waals surface area contributed by atoms with E-state index in [4.69, 9.17) is 20.2 Å². The lowest BCUT2D eigenvalue weighted by Gasteiger charge is -2.38. The van der Waals surface area contributed by atoms with Gasteiger partial charge in [0.1, 0.15) is 16.9 Å². The molecule has 2 bridgehead atoms. The van der Waals surface area contributed by atoms with E-state index < -0.39 is 0 Å². The Hall–Kier alpha value is -4.25. The maximum Gasteiger partial charge on any atom is 0.407 e. The van der Waals surface area contributed by atoms with Crippen molar-refractivity contribution in [2.24, 2.45) is 24.6 Å². The highest BCUT2D eigenvalue weighted by molar-refractivity contribution is 6.00. The standard InChI is InChI=1S/C35H41N7O4/c1-39-31-25(13-23(15-29(31)45-2)33(43)42-18-22-6-8-26(42)30(22)36)38-32(39)28-14-21-5-7-24(16-27(21)41(28)17-20-3-4-20)40-11-9-35(10-12-40)19-37-34(44)46-35/h5,7,13-16,20,22,26,30H,3-4,6,8-12,17-19,36H2,1-2H3,(H,37,44). The number of fused-ring (bicyclic) bond motifs is 4. The molecule has 3 aliphatic heterocycles. The number of nitrogens with two attached hydrogens (primary N) is 1. The molecule has 2 amide bonds. The van der Waals surface area contributed by atoms with E-state index in [2.05, 4.69) is 43.6 Å². The van der Waals surface area contributed by atoms with Gasteiger partial charge in [-0.1, -0.05) is 6.07 Å². The molecule has 11 nitrogen and oxygen atoms in total. The van der Waals surface area contributed by atoms with Gasteiger partial charge in [-0.15, -0.1) is 0 Å². The monoisotopic (exact) mass is 623 g/mol. The summed E-state index contributed by atoms with van der Waals surface area (Å²) in [7, 11) is 3.69. The molecule has 2 aromatic carbocycles. The fourth-order valence-electron chi connectivity index (χ4n) is 8.60. The Kier molecular flexibility index (Phi) is 6.16. The number of imidazole rings is 1. The smallest absolute Gasteiger partial charge is 0.407 e. The number of amides is 2. The number of hydrogen-bond donors (Lipinski definition) is 2. The lowest BCUT2D eigenvalue weighted by molar-refractivity contribution is 0.0367. The van der Waals surface area contributed by atoms with Crippen LogP contribution in [0.4, 0.5) is 10.5 Å². The summed E-state index contributed by atoms with van der Waals surface area (Å²) in [5.41, 5.74) is 11.7. The van der Waals surface area contributed by atoms with Crippen molar-refractivity contribution in [3.63, 3.8) is 0 Å². The number of carbonyl (C=O) groups excluding carboxylic acids is 2. The molecule has 3 unspecified atom stereocenters. The summed E-state index contributed by atoms with van der Waals surface area (Å²) < 4.78 is 16.1. The van der Waals surface area contributed by atoms with Crippen LogP contribution >= 0.6 is 0 Å². The lowest BCUT2D eigenvalue weighted by Crippen LogP contribution is -2.46. The van der Waals surface area contributed by atoms with E-state index in [-0.39, 0.29) is 29.7 Å². The fourth-order valence-corrected chi connectivity index (χ4v) is 8.60. The molecule has 9 rings (SSSR count). The van der Waals surface area contributed by atoms with Crippen LogP contribution in [-0.2, 0) is 18.3 Å². The van der Waals surface area contributed by atoms with E-state index in [1.807, 2.05) is 24.1 Å². The predicted molar refractivity (Wildman–Crippen MR) is 175 cm³/mol. The van der Waals surface area contributed by atoms with Crippen LogP contribution in [0.5, 0.6) is 5.75 Å². The maximum absolute atomic E-state index is 13.8. The average Bonchev–Trinajstić information content (AvgIpc) is 3.25. The van der Waals surface area contributed by atoms with Crippen LogP contribution in [0.1, 0.15) is 48.9 Å². The van der Waals surface area contributed by atoms with Gasteiger partial charge >= 0.3 is 6.09 Å². The van der Waals surface area contributed by atoms with Crippen LogP contribution in [0.2, 0.25) is 0 Å². The fraction of sp³-hybridized carbons (Fsp3) is 0.514. The van der Waals surface area contributed by atoms with Gasteiger partial charge in [-0.3, -0.25) is 4.79 Å². The van der Waals surface area contributed by atoms with Crippen LogP contribution in [0.25, 0.3) is 33.5 Å². The van der Waals surface area contributed by atoms with E-state index in [0.29, 0.717) is 29.7 Å². The largest absolute Gasteiger partial charge is 0.494 e. The van der Waals surface area contributed by atoms with Crippen molar-refractivity contribution >= 4 is 39.6 Å². The topological polar surface area (TPSA) is 120 Å². The molecule has 5 aliphatic rings. The number of nitrogens with zero attached hydrogens (tertiary/aromatic N) is 5. The highest BCUT2D eigenvalue weighted by Gasteiger charge is 2.47. The Balaban J connectivity index is 1.08. The number of methoxy groups -OCH3 is 1. The molecule has 3 atom stereocenters. The van der Waals surface area contributed by atoms with Crippen molar-refractivity contribution < 1.29 is 19.1 Å². The molecule has 4 aromatic rings. The van der Waals surface area contributed by atoms with Crippen LogP contribution in [-0.4, -0.2) is 82.0 Å². The Morgan fingerprint density at radius 2 is 1.96 bits per heavy atom. The van der Waals surface area contributed by atoms with Crippen molar-refractivity contribution in [3.05, 3.63) is 42.0 Å². The van der Waals surface area contributed by atoms with Gasteiger partial charge < -0.3 is 39.5 Å². The number of likely N-dealkylation sites (tertiary alicyclic amines) is 1. The molecule has 3 saturated heterocycles. The van der Waals surface area contributed by atoms with E-state index in [1.54, 1.807) is 7.11 Å². The first-order chi connectivity index (χ1) is 22.3. The molecule has 2 aromatic heterocycles. The third kappa shape index (κ3) is 4.30. The Bertz CT molecular complexity index is 1900. The molecule has 240 valence electrons. The molecule has 11 heteroatoms. The van der Waals surface area contributed by atoms with E-state index in [0.717, 1.165) is 74.4 Å². The number of carbonyl (C=O) groups is 2. The molecule has 5 heterocycles. The first-order valence-corrected chi connectivity index (χ1v) is 16.8. The number of ether oxygens (including phenoxy) is 2. The first-order valence-electron chi connectivity index (χ1n) is 16.8. The van der Waals surface area contributed by atoms with Gasteiger partial charge in [0.25, 0.3) is 5.91 Å². The third-order valence-electron chi connectivity index (χ3n) is 11.5. The van der Waals surface area contributed by atoms with Crippen molar-refractivity contribution in [2.75, 3.05) is 38.2 Å². The number of piperidine rings is 2. The normalized spacial score (nSPS) is 25.2. The number of aryl methyl sites for hydroxylation is 1. The zero-order valence-electron chi connectivity index (χ0n) is 26.5. The number of rotatable bonds is 6. The summed E-state index contributed by atoms with van der Waals surface area (Å²) in [6.07, 6.45) is 5.89. The number of benzene rings is 2. The molecule has 2 aliphatic carbocycles. The second-order valence-corrected chi connectivity index (χ2v) is 14.2. The number of nitrogens with one attached hydrogen (secondary N) is 1. The number of hydrogen-bond acceptors (Lipinski definition) is 7. The van der Waals surface area contributed by atoms with Gasteiger partial charge in [0.2, 0.25) is 0 Å². The highest BCUT2D eigenvalue weighted by Crippen LogP contribution is 2.41. The molecule has 2 saturated carbocycles. The SMILES string of the molecule is COc1cc(C(=O)N2CC3CCC2C3N)cc2nc(-c3cc4ccc(N5CCC6(CC5)CNC(=O)O6)cc4n3CC3CC3)n(C)c12. The number of anilines is 1. The maximum atomic E-state index is 13.8. The predicted octanol–water partition coefficient (Wildman–Crippen LogP) is 4.25. The molecule has 1 spiro atoms. The first kappa shape index (κ1) is 28.0. The summed E-state index contributed by atoms with van der Waals surface area (Å²) in [4.78, 5) is 35.0. The molecule has 0 radical (unpaired) electrons. The van der Waals surface area contributed by atoms with Crippen LogP contribution in [0, 0.1) is 11.8 Å². The molecule has 3 N–H and O–H groups in total. The molecular formula is C35H41N7O4. The van der Waals surface area contributed by atoms with Gasteiger partial charge in [0.05, 0.1) is 30.4 Å². The van der Waals surface area contributed by atoms with Gasteiger partial charge in [0.15, 0.2) is 5.82 Å². The second-order valence-electron chi connectivity index (χ2n) is 14.2. The highest BCUT2D eigenvalue weighted by atomic mass is 16.6. The summed E-state index contributed by atoms with van der Waals surface area (Å²) in [5.74, 6) is 2.57. The average molecular weight is 624 g/mol. The van der Waals surface area contributed by atoms with E-state index >= 15 is 0 Å². The minimum atomic E-state index is -0.371. The van der Waals surface area contributed by atoms with Crippen molar-refractivity contribution in [3.8, 4) is 17.3 Å². The van der Waals surface area contributed by atoms with Crippen LogP contribution in [0.15, 0.2) is 36.4 Å². The van der Waals surface area contributed by atoms with E-state index in [1.165, 1.54) is 29.4 Å². The second kappa shape index (κ2) is 10.1. The van der Waals surface area contributed by atoms with Gasteiger partial charge in [0, 0.05) is 74.8 Å². The summed E-state index contributed by atoms with van der Waals surface area (Å²) in [6, 6.07) is 13.0. The Labute approximate surface area is 267 Å². The minimum absolute atomic E-state index is 0.0106. The summed E-state index contributed by atoms with van der Waals surface area (Å²) in [6.45, 7) is 3.94. The molecule has 46 heavy (non-hydrogen) atoms. The quantitative estimate of drug-likeness (QED) is 0.330. The third-order valence-corrected chi connectivity index (χ3v) is 11.5. The molecule has 5 fully saturated rings.